The monoisotopic (exact) mass is 703 g/mol. The number of benzene rings is 4. The van der Waals surface area contributed by atoms with Crippen molar-refractivity contribution >= 4 is 43.5 Å². The van der Waals surface area contributed by atoms with E-state index in [0.717, 1.165) is 36.6 Å². The first kappa shape index (κ1) is 34.9. The molecule has 4 rings (SSSR count). The van der Waals surface area contributed by atoms with Gasteiger partial charge in [0.2, 0.25) is 11.8 Å². The Kier molecular flexibility index (Phi) is 11.8. The van der Waals surface area contributed by atoms with Crippen molar-refractivity contribution in [2.24, 2.45) is 5.92 Å². The number of nitrogens with one attached hydrogen (secondary N) is 1. The van der Waals surface area contributed by atoms with Crippen LogP contribution in [-0.4, -0.2) is 44.3 Å². The highest BCUT2D eigenvalue weighted by Crippen LogP contribution is 2.27. The Morgan fingerprint density at radius 1 is 0.804 bits per heavy atom. The molecule has 0 aliphatic rings. The number of carbonyl (C=O) groups is 2. The minimum absolute atomic E-state index is 0.0816. The van der Waals surface area contributed by atoms with Crippen LogP contribution in [-0.2, 0) is 32.6 Å². The van der Waals surface area contributed by atoms with E-state index in [2.05, 4.69) is 21.2 Å². The molecule has 46 heavy (non-hydrogen) atoms. The molecule has 7 nitrogen and oxygen atoms in total. The fourth-order valence-electron chi connectivity index (χ4n) is 5.06. The number of halogens is 1. The highest BCUT2D eigenvalue weighted by molar-refractivity contribution is 9.10. The molecular formula is C37H42BrN3O4S. The Morgan fingerprint density at radius 2 is 1.48 bits per heavy atom. The highest BCUT2D eigenvalue weighted by atomic mass is 79.9. The van der Waals surface area contributed by atoms with Gasteiger partial charge >= 0.3 is 0 Å². The Bertz CT molecular complexity index is 1760. The van der Waals surface area contributed by atoms with E-state index in [1.54, 1.807) is 36.4 Å². The second-order valence-corrected chi connectivity index (χ2v) is 14.9. The maximum atomic E-state index is 14.6. The Morgan fingerprint density at radius 3 is 2.11 bits per heavy atom. The van der Waals surface area contributed by atoms with Gasteiger partial charge in [-0.15, -0.1) is 0 Å². The van der Waals surface area contributed by atoms with Crippen molar-refractivity contribution in [3.63, 3.8) is 0 Å². The third kappa shape index (κ3) is 9.07. The predicted octanol–water partition coefficient (Wildman–Crippen LogP) is 6.98. The topological polar surface area (TPSA) is 86.8 Å². The number of hydrogen-bond acceptors (Lipinski definition) is 4. The molecule has 0 spiro atoms. The Balaban J connectivity index is 1.82. The number of sulfonamides is 1. The first-order chi connectivity index (χ1) is 21.8. The van der Waals surface area contributed by atoms with Crippen molar-refractivity contribution in [2.75, 3.05) is 17.4 Å². The maximum Gasteiger partial charge on any atom is 0.264 e. The van der Waals surface area contributed by atoms with Crippen LogP contribution in [0.5, 0.6) is 0 Å². The second kappa shape index (κ2) is 15.6. The zero-order valence-electron chi connectivity index (χ0n) is 27.0. The quantitative estimate of drug-likeness (QED) is 0.163. The van der Waals surface area contributed by atoms with Crippen molar-refractivity contribution in [3.05, 3.63) is 129 Å². The average molecular weight is 705 g/mol. The van der Waals surface area contributed by atoms with Gasteiger partial charge in [-0.1, -0.05) is 96.0 Å². The van der Waals surface area contributed by atoms with Crippen molar-refractivity contribution in [2.45, 2.75) is 58.5 Å². The van der Waals surface area contributed by atoms with Crippen LogP contribution in [0.4, 0.5) is 5.69 Å². The van der Waals surface area contributed by atoms with Gasteiger partial charge in [-0.05, 0) is 85.3 Å². The van der Waals surface area contributed by atoms with E-state index in [4.69, 9.17) is 0 Å². The molecule has 0 saturated carbocycles. The normalized spacial score (nSPS) is 12.1. The van der Waals surface area contributed by atoms with Gasteiger partial charge in [-0.25, -0.2) is 8.42 Å². The lowest BCUT2D eigenvalue weighted by atomic mass is 10.0. The van der Waals surface area contributed by atoms with Gasteiger partial charge in [0.25, 0.3) is 10.0 Å². The zero-order chi connectivity index (χ0) is 33.4. The maximum absolute atomic E-state index is 14.6. The Labute approximate surface area is 281 Å². The van der Waals surface area contributed by atoms with Crippen molar-refractivity contribution < 1.29 is 18.0 Å². The lowest BCUT2D eigenvalue weighted by molar-refractivity contribution is -0.140. The van der Waals surface area contributed by atoms with Crippen molar-refractivity contribution in [1.82, 2.24) is 10.2 Å². The first-order valence-corrected chi connectivity index (χ1v) is 17.6. The third-order valence-electron chi connectivity index (χ3n) is 7.86. The fraction of sp³-hybridized carbons (Fsp3) is 0.297. The lowest BCUT2D eigenvalue weighted by Crippen LogP contribution is -2.53. The van der Waals surface area contributed by atoms with Gasteiger partial charge in [-0.2, -0.15) is 0 Å². The zero-order valence-corrected chi connectivity index (χ0v) is 29.4. The summed E-state index contributed by atoms with van der Waals surface area (Å²) in [6.07, 6.45) is 0.263. The highest BCUT2D eigenvalue weighted by Gasteiger charge is 2.34. The molecule has 9 heteroatoms. The summed E-state index contributed by atoms with van der Waals surface area (Å²) in [6.45, 7) is 9.82. The number of anilines is 1. The second-order valence-electron chi connectivity index (χ2n) is 12.1. The molecule has 0 radical (unpaired) electrons. The first-order valence-electron chi connectivity index (χ1n) is 15.4. The van der Waals surface area contributed by atoms with E-state index < -0.39 is 28.5 Å². The molecule has 242 valence electrons. The van der Waals surface area contributed by atoms with E-state index in [-0.39, 0.29) is 29.7 Å². The van der Waals surface area contributed by atoms with E-state index >= 15 is 0 Å². The Hall–Kier alpha value is -3.95. The van der Waals surface area contributed by atoms with Gasteiger partial charge in [0.05, 0.1) is 10.6 Å². The van der Waals surface area contributed by atoms with Crippen molar-refractivity contribution in [3.8, 4) is 0 Å². The fourth-order valence-corrected chi connectivity index (χ4v) is 6.91. The number of amides is 2. The standard InChI is InChI=1S/C37H42BrN3O4S/c1-26(2)23-39-37(43)35(22-30-10-7-6-8-11-30)40(24-31-12-9-13-32(38)21-31)36(42)25-41(33-17-16-28(4)29(5)20-33)46(44,45)34-18-14-27(3)15-19-34/h6-21,26,35H,22-25H2,1-5H3,(H,39,43). The third-order valence-corrected chi connectivity index (χ3v) is 10.1. The number of hydrogen-bond donors (Lipinski definition) is 1. The van der Waals surface area contributed by atoms with E-state index in [9.17, 15) is 18.0 Å². The smallest absolute Gasteiger partial charge is 0.264 e. The van der Waals surface area contributed by atoms with Gasteiger partial charge in [0.15, 0.2) is 0 Å². The molecule has 1 atom stereocenters. The van der Waals surface area contributed by atoms with Crippen LogP contribution in [0.15, 0.2) is 106 Å². The molecular weight excluding hydrogens is 662 g/mol. The molecule has 0 aliphatic heterocycles. The molecule has 1 N–H and O–H groups in total. The van der Waals surface area contributed by atoms with Gasteiger partial charge < -0.3 is 10.2 Å². The largest absolute Gasteiger partial charge is 0.354 e. The molecule has 4 aromatic carbocycles. The van der Waals surface area contributed by atoms with Crippen LogP contribution in [0.1, 0.15) is 41.7 Å². The number of aryl methyl sites for hydroxylation is 3. The van der Waals surface area contributed by atoms with Crippen molar-refractivity contribution in [1.29, 1.82) is 0 Å². The average Bonchev–Trinajstić information content (AvgIpc) is 3.02. The minimum Gasteiger partial charge on any atom is -0.354 e. The lowest BCUT2D eigenvalue weighted by Gasteiger charge is -2.34. The SMILES string of the molecule is Cc1ccc(S(=O)(=O)N(CC(=O)N(Cc2cccc(Br)c2)C(Cc2ccccc2)C(=O)NCC(C)C)c2ccc(C)c(C)c2)cc1. The van der Waals surface area contributed by atoms with Gasteiger partial charge in [0.1, 0.15) is 12.6 Å². The summed E-state index contributed by atoms with van der Waals surface area (Å²) in [5, 5.41) is 3.02. The van der Waals surface area contributed by atoms with E-state index in [1.807, 2.05) is 95.3 Å². The van der Waals surface area contributed by atoms with Crippen LogP contribution in [0, 0.1) is 26.7 Å². The molecule has 0 aliphatic carbocycles. The molecule has 1 unspecified atom stereocenters. The summed E-state index contributed by atoms with van der Waals surface area (Å²) in [5.74, 6) is -0.579. The number of carbonyl (C=O) groups excluding carboxylic acids is 2. The van der Waals surface area contributed by atoms with Crippen LogP contribution in [0.25, 0.3) is 0 Å². The molecule has 0 aromatic heterocycles. The van der Waals surface area contributed by atoms with Crippen LogP contribution in [0.3, 0.4) is 0 Å². The molecule has 2 amide bonds. The molecule has 0 bridgehead atoms. The number of rotatable bonds is 13. The molecule has 0 fully saturated rings. The summed E-state index contributed by atoms with van der Waals surface area (Å²) < 4.78 is 30.5. The molecule has 0 saturated heterocycles. The van der Waals surface area contributed by atoms with E-state index in [1.165, 1.54) is 4.90 Å². The van der Waals surface area contributed by atoms with E-state index in [0.29, 0.717) is 12.2 Å². The van der Waals surface area contributed by atoms with Gasteiger partial charge in [0, 0.05) is 24.0 Å². The predicted molar refractivity (Wildman–Crippen MR) is 188 cm³/mol. The molecule has 4 aromatic rings. The van der Waals surface area contributed by atoms with Gasteiger partial charge in [-0.3, -0.25) is 13.9 Å². The summed E-state index contributed by atoms with van der Waals surface area (Å²) in [4.78, 5) is 30.1. The minimum atomic E-state index is -4.16. The van der Waals surface area contributed by atoms with Crippen LogP contribution < -0.4 is 9.62 Å². The summed E-state index contributed by atoms with van der Waals surface area (Å²) in [5.41, 5.74) is 4.89. The van der Waals surface area contributed by atoms with Crippen LogP contribution >= 0.6 is 15.9 Å². The summed E-state index contributed by atoms with van der Waals surface area (Å²) >= 11 is 3.52. The number of nitrogens with zero attached hydrogens (tertiary/aromatic N) is 2. The summed E-state index contributed by atoms with van der Waals surface area (Å²) in [7, 11) is -4.16. The summed E-state index contributed by atoms with van der Waals surface area (Å²) in [6, 6.07) is 28.1. The molecule has 0 heterocycles. The van der Waals surface area contributed by atoms with Crippen LogP contribution in [0.2, 0.25) is 0 Å².